The Hall–Kier alpha value is -1.97. The number of carbonyl (C=O) groups is 2. The molecule has 0 aromatic heterocycles. The second kappa shape index (κ2) is 9.49. The van der Waals surface area contributed by atoms with Crippen LogP contribution in [0.1, 0.15) is 43.5 Å². The highest BCUT2D eigenvalue weighted by Gasteiger charge is 2.33. The SMILES string of the molecule is CCC(C)NC(=O)c1ccccc1NC(=O)C1CCCN(S(=O)(=O)N(C)C)C1. The van der Waals surface area contributed by atoms with E-state index >= 15 is 0 Å². The van der Waals surface area contributed by atoms with E-state index in [-0.39, 0.29) is 24.4 Å². The van der Waals surface area contributed by atoms with Crippen LogP contribution in [0.5, 0.6) is 0 Å². The van der Waals surface area contributed by atoms with Crippen LogP contribution < -0.4 is 10.6 Å². The summed E-state index contributed by atoms with van der Waals surface area (Å²) in [7, 11) is -0.600. The third-order valence-electron chi connectivity index (χ3n) is 4.96. The van der Waals surface area contributed by atoms with Gasteiger partial charge in [0, 0.05) is 33.2 Å². The quantitative estimate of drug-likeness (QED) is 0.714. The third kappa shape index (κ3) is 5.30. The Morgan fingerprint density at radius 3 is 2.61 bits per heavy atom. The maximum atomic E-state index is 12.8. The van der Waals surface area contributed by atoms with E-state index in [1.807, 2.05) is 13.8 Å². The van der Waals surface area contributed by atoms with Crippen LogP contribution >= 0.6 is 0 Å². The molecular weight excluding hydrogens is 380 g/mol. The lowest BCUT2D eigenvalue weighted by Gasteiger charge is -2.32. The van der Waals surface area contributed by atoms with Gasteiger partial charge in [0.2, 0.25) is 5.91 Å². The van der Waals surface area contributed by atoms with Crippen LogP contribution in [0.25, 0.3) is 0 Å². The van der Waals surface area contributed by atoms with Crippen molar-refractivity contribution in [2.45, 2.75) is 39.2 Å². The molecule has 1 heterocycles. The molecule has 1 aromatic carbocycles. The van der Waals surface area contributed by atoms with Crippen molar-refractivity contribution in [1.29, 1.82) is 0 Å². The molecule has 28 heavy (non-hydrogen) atoms. The number of carbonyl (C=O) groups excluding carboxylic acids is 2. The molecule has 2 N–H and O–H groups in total. The van der Waals surface area contributed by atoms with Crippen LogP contribution in [0, 0.1) is 5.92 Å². The van der Waals surface area contributed by atoms with Gasteiger partial charge in [0.15, 0.2) is 0 Å². The van der Waals surface area contributed by atoms with Crippen LogP contribution in [0.2, 0.25) is 0 Å². The van der Waals surface area contributed by atoms with Crippen LogP contribution in [0.3, 0.4) is 0 Å². The van der Waals surface area contributed by atoms with Crippen molar-refractivity contribution in [2.75, 3.05) is 32.5 Å². The van der Waals surface area contributed by atoms with Gasteiger partial charge in [-0.3, -0.25) is 9.59 Å². The van der Waals surface area contributed by atoms with E-state index in [0.717, 1.165) is 10.7 Å². The second-order valence-electron chi connectivity index (χ2n) is 7.30. The summed E-state index contributed by atoms with van der Waals surface area (Å²) in [5, 5.41) is 5.71. The van der Waals surface area contributed by atoms with Gasteiger partial charge in [0.1, 0.15) is 0 Å². The molecule has 1 aliphatic heterocycles. The van der Waals surface area contributed by atoms with Crippen molar-refractivity contribution in [2.24, 2.45) is 5.92 Å². The molecule has 9 heteroatoms. The predicted octanol–water partition coefficient (Wildman–Crippen LogP) is 1.67. The maximum absolute atomic E-state index is 12.8. The van der Waals surface area contributed by atoms with Crippen molar-refractivity contribution >= 4 is 27.7 Å². The van der Waals surface area contributed by atoms with Crippen molar-refractivity contribution < 1.29 is 18.0 Å². The minimum Gasteiger partial charge on any atom is -0.350 e. The maximum Gasteiger partial charge on any atom is 0.281 e. The fourth-order valence-corrected chi connectivity index (χ4v) is 4.22. The fourth-order valence-electron chi connectivity index (χ4n) is 3.03. The van der Waals surface area contributed by atoms with Crippen LogP contribution in [-0.4, -0.2) is 62.1 Å². The minimum atomic E-state index is -3.55. The lowest BCUT2D eigenvalue weighted by Crippen LogP contribution is -2.47. The first-order chi connectivity index (χ1) is 13.2. The molecular formula is C19H30N4O4S. The molecule has 2 rings (SSSR count). The summed E-state index contributed by atoms with van der Waals surface area (Å²) < 4.78 is 27.2. The van der Waals surface area contributed by atoms with Gasteiger partial charge in [-0.05, 0) is 38.3 Å². The van der Waals surface area contributed by atoms with E-state index in [4.69, 9.17) is 0 Å². The highest BCUT2D eigenvalue weighted by Crippen LogP contribution is 2.23. The predicted molar refractivity (Wildman–Crippen MR) is 109 cm³/mol. The number of piperidine rings is 1. The van der Waals surface area contributed by atoms with Gasteiger partial charge < -0.3 is 10.6 Å². The van der Waals surface area contributed by atoms with E-state index in [2.05, 4.69) is 10.6 Å². The first-order valence-electron chi connectivity index (χ1n) is 9.55. The highest BCUT2D eigenvalue weighted by molar-refractivity contribution is 7.86. The van der Waals surface area contributed by atoms with E-state index < -0.39 is 16.1 Å². The van der Waals surface area contributed by atoms with Gasteiger partial charge in [-0.2, -0.15) is 17.0 Å². The smallest absolute Gasteiger partial charge is 0.281 e. The Labute approximate surface area is 167 Å². The van der Waals surface area contributed by atoms with Crippen LogP contribution in [0.15, 0.2) is 24.3 Å². The lowest BCUT2D eigenvalue weighted by atomic mass is 9.98. The summed E-state index contributed by atoms with van der Waals surface area (Å²) >= 11 is 0. The summed E-state index contributed by atoms with van der Waals surface area (Å²) in [5.41, 5.74) is 0.825. The number of nitrogens with one attached hydrogen (secondary N) is 2. The van der Waals surface area contributed by atoms with Crippen LogP contribution in [-0.2, 0) is 15.0 Å². The highest BCUT2D eigenvalue weighted by atomic mass is 32.2. The summed E-state index contributed by atoms with van der Waals surface area (Å²) in [6.45, 7) is 4.43. The Bertz CT molecular complexity index is 810. The van der Waals surface area contributed by atoms with Crippen molar-refractivity contribution in [1.82, 2.24) is 13.9 Å². The monoisotopic (exact) mass is 410 g/mol. The molecule has 0 bridgehead atoms. The Morgan fingerprint density at radius 2 is 1.96 bits per heavy atom. The van der Waals surface area contributed by atoms with Crippen molar-refractivity contribution in [3.05, 3.63) is 29.8 Å². The topological polar surface area (TPSA) is 98.8 Å². The molecule has 2 amide bonds. The molecule has 1 fully saturated rings. The molecule has 0 radical (unpaired) electrons. The number of benzene rings is 1. The van der Waals surface area contributed by atoms with E-state index in [1.54, 1.807) is 24.3 Å². The normalized spacial score (nSPS) is 19.2. The zero-order valence-corrected chi connectivity index (χ0v) is 17.8. The standard InChI is InChI=1S/C19H30N4O4S/c1-5-14(2)20-19(25)16-10-6-7-11-17(16)21-18(24)15-9-8-12-23(13-15)28(26,27)22(3)4/h6-7,10-11,14-15H,5,8-9,12-13H2,1-4H3,(H,20,25)(H,21,24). The number of hydrogen-bond acceptors (Lipinski definition) is 4. The van der Waals surface area contributed by atoms with Crippen LogP contribution in [0.4, 0.5) is 5.69 Å². The number of rotatable bonds is 7. The largest absolute Gasteiger partial charge is 0.350 e. The molecule has 1 aliphatic rings. The molecule has 2 atom stereocenters. The zero-order chi connectivity index (χ0) is 20.9. The molecule has 1 aromatic rings. The molecule has 0 saturated carbocycles. The first-order valence-corrected chi connectivity index (χ1v) is 10.9. The van der Waals surface area contributed by atoms with E-state index in [0.29, 0.717) is 30.6 Å². The van der Waals surface area contributed by atoms with Gasteiger partial charge in [-0.25, -0.2) is 0 Å². The average Bonchev–Trinajstić information content (AvgIpc) is 2.68. The minimum absolute atomic E-state index is 0.0272. The zero-order valence-electron chi connectivity index (χ0n) is 16.9. The Balaban J connectivity index is 2.12. The molecule has 0 aliphatic carbocycles. The lowest BCUT2D eigenvalue weighted by molar-refractivity contribution is -0.120. The van der Waals surface area contributed by atoms with Gasteiger partial charge in [0.25, 0.3) is 16.1 Å². The molecule has 1 saturated heterocycles. The van der Waals surface area contributed by atoms with E-state index in [9.17, 15) is 18.0 Å². The number of nitrogens with zero attached hydrogens (tertiary/aromatic N) is 2. The third-order valence-corrected chi connectivity index (χ3v) is 6.87. The Kier molecular flexibility index (Phi) is 7.56. The molecule has 8 nitrogen and oxygen atoms in total. The number of amides is 2. The Morgan fingerprint density at radius 1 is 1.29 bits per heavy atom. The second-order valence-corrected chi connectivity index (χ2v) is 9.45. The molecule has 2 unspecified atom stereocenters. The van der Waals surface area contributed by atoms with Crippen molar-refractivity contribution in [3.63, 3.8) is 0 Å². The summed E-state index contributed by atoms with van der Waals surface area (Å²) in [6.07, 6.45) is 2.02. The van der Waals surface area contributed by atoms with Gasteiger partial charge >= 0.3 is 0 Å². The average molecular weight is 411 g/mol. The van der Waals surface area contributed by atoms with Gasteiger partial charge in [0.05, 0.1) is 17.2 Å². The van der Waals surface area contributed by atoms with Gasteiger partial charge in [-0.15, -0.1) is 0 Å². The summed E-state index contributed by atoms with van der Waals surface area (Å²) in [5.74, 6) is -0.984. The number of para-hydroxylation sites is 1. The molecule has 0 spiro atoms. The fraction of sp³-hybridized carbons (Fsp3) is 0.579. The van der Waals surface area contributed by atoms with E-state index in [1.165, 1.54) is 18.4 Å². The first kappa shape index (κ1) is 22.3. The summed E-state index contributed by atoms with van der Waals surface area (Å²) in [4.78, 5) is 25.3. The van der Waals surface area contributed by atoms with Crippen molar-refractivity contribution in [3.8, 4) is 0 Å². The number of hydrogen-bond donors (Lipinski definition) is 2. The van der Waals surface area contributed by atoms with Gasteiger partial charge in [-0.1, -0.05) is 19.1 Å². The summed E-state index contributed by atoms with van der Waals surface area (Å²) in [6, 6.07) is 6.86. The molecule has 156 valence electrons. The number of anilines is 1.